The first-order valence-electron chi connectivity index (χ1n) is 4.60. The number of rotatable bonds is 1. The predicted molar refractivity (Wildman–Crippen MR) is 49.2 cm³/mol. The van der Waals surface area contributed by atoms with Crippen molar-refractivity contribution in [2.45, 2.75) is 32.9 Å². The molecule has 2 heterocycles. The molecule has 1 aromatic heterocycles. The Balaban J connectivity index is 2.30. The van der Waals surface area contributed by atoms with E-state index in [2.05, 4.69) is 35.9 Å². The van der Waals surface area contributed by atoms with Crippen LogP contribution >= 0.6 is 0 Å². The lowest BCUT2D eigenvalue weighted by Gasteiger charge is -2.15. The van der Waals surface area contributed by atoms with E-state index in [9.17, 15) is 0 Å². The molecule has 1 fully saturated rings. The highest BCUT2D eigenvalue weighted by atomic mass is 15.2. The van der Waals surface area contributed by atoms with Crippen molar-refractivity contribution in [2.24, 2.45) is 0 Å². The highest BCUT2D eigenvalue weighted by Crippen LogP contribution is 2.22. The second-order valence-corrected chi connectivity index (χ2v) is 3.52. The Hall–Kier alpha value is -0.760. The van der Waals surface area contributed by atoms with E-state index in [1.807, 2.05) is 0 Å². The second kappa shape index (κ2) is 2.94. The molecule has 1 aliphatic rings. The highest BCUT2D eigenvalue weighted by Gasteiger charge is 2.19. The molecular weight excluding hydrogens is 148 g/mol. The lowest BCUT2D eigenvalue weighted by Crippen LogP contribution is -2.16. The molecule has 1 radical (unpaired) electrons. The molecule has 0 aliphatic carbocycles. The third-order valence-electron chi connectivity index (χ3n) is 2.58. The fourth-order valence-corrected chi connectivity index (χ4v) is 1.97. The quantitative estimate of drug-likeness (QED) is 0.603. The Kier molecular flexibility index (Phi) is 1.93. The van der Waals surface area contributed by atoms with Crippen LogP contribution in [-0.4, -0.2) is 11.1 Å². The molecule has 0 aromatic carbocycles. The average molecular weight is 163 g/mol. The molecule has 0 bridgehead atoms. The number of hydrogen-bond acceptors (Lipinski definition) is 0. The van der Waals surface area contributed by atoms with Gasteiger partial charge in [0.05, 0.1) is 6.17 Å². The summed E-state index contributed by atoms with van der Waals surface area (Å²) in [5.74, 6) is 0. The van der Waals surface area contributed by atoms with Gasteiger partial charge in [-0.25, -0.2) is 5.32 Å². The maximum Gasteiger partial charge on any atom is 0.0995 e. The number of aryl methyl sites for hydroxylation is 2. The Labute approximate surface area is 73.6 Å². The van der Waals surface area contributed by atoms with Crippen molar-refractivity contribution in [3.8, 4) is 0 Å². The third kappa shape index (κ3) is 1.16. The molecule has 0 saturated carbocycles. The summed E-state index contributed by atoms with van der Waals surface area (Å²) in [6.07, 6.45) is 2.90. The van der Waals surface area contributed by atoms with E-state index in [0.29, 0.717) is 6.17 Å². The minimum absolute atomic E-state index is 0.431. The van der Waals surface area contributed by atoms with E-state index in [1.165, 1.54) is 24.2 Å². The van der Waals surface area contributed by atoms with Gasteiger partial charge in [-0.1, -0.05) is 0 Å². The Morgan fingerprint density at radius 1 is 1.33 bits per heavy atom. The van der Waals surface area contributed by atoms with Crippen LogP contribution in [0.25, 0.3) is 0 Å². The maximum atomic E-state index is 4.56. The summed E-state index contributed by atoms with van der Waals surface area (Å²) in [6, 6.07) is 4.34. The van der Waals surface area contributed by atoms with E-state index in [0.717, 1.165) is 6.54 Å². The summed E-state index contributed by atoms with van der Waals surface area (Å²) in [5, 5.41) is 4.56. The van der Waals surface area contributed by atoms with Crippen molar-refractivity contribution < 1.29 is 0 Å². The van der Waals surface area contributed by atoms with Crippen molar-refractivity contribution in [1.82, 2.24) is 9.88 Å². The van der Waals surface area contributed by atoms with Crippen LogP contribution in [0.3, 0.4) is 0 Å². The van der Waals surface area contributed by atoms with Gasteiger partial charge in [0, 0.05) is 17.9 Å². The molecule has 2 nitrogen and oxygen atoms in total. The minimum Gasteiger partial charge on any atom is -0.332 e. The molecule has 0 amide bonds. The summed E-state index contributed by atoms with van der Waals surface area (Å²) in [4.78, 5) is 0. The van der Waals surface area contributed by atoms with Crippen LogP contribution in [0, 0.1) is 13.8 Å². The monoisotopic (exact) mass is 163 g/mol. The van der Waals surface area contributed by atoms with Crippen LogP contribution in [0.15, 0.2) is 12.1 Å². The van der Waals surface area contributed by atoms with Crippen LogP contribution in [0.5, 0.6) is 0 Å². The molecule has 1 unspecified atom stereocenters. The molecule has 0 N–H and O–H groups in total. The maximum absolute atomic E-state index is 4.56. The van der Waals surface area contributed by atoms with Gasteiger partial charge in [-0.2, -0.15) is 0 Å². The molecule has 1 atom stereocenters. The molecule has 12 heavy (non-hydrogen) atoms. The van der Waals surface area contributed by atoms with Gasteiger partial charge in [0.1, 0.15) is 0 Å². The van der Waals surface area contributed by atoms with E-state index < -0.39 is 0 Å². The van der Waals surface area contributed by atoms with Crippen LogP contribution in [0.4, 0.5) is 0 Å². The minimum atomic E-state index is 0.431. The molecule has 1 aromatic rings. The van der Waals surface area contributed by atoms with Gasteiger partial charge < -0.3 is 4.57 Å². The molecule has 1 aliphatic heterocycles. The first-order chi connectivity index (χ1) is 5.79. The van der Waals surface area contributed by atoms with E-state index in [-0.39, 0.29) is 0 Å². The van der Waals surface area contributed by atoms with Gasteiger partial charge in [-0.15, -0.1) is 0 Å². The normalized spacial score (nSPS) is 23.3. The Morgan fingerprint density at radius 3 is 2.50 bits per heavy atom. The predicted octanol–water partition coefficient (Wildman–Crippen LogP) is 2.00. The van der Waals surface area contributed by atoms with Crippen molar-refractivity contribution in [2.75, 3.05) is 6.54 Å². The number of aromatic nitrogens is 1. The molecule has 2 heteroatoms. The van der Waals surface area contributed by atoms with Gasteiger partial charge >= 0.3 is 0 Å². The van der Waals surface area contributed by atoms with Crippen LogP contribution < -0.4 is 5.32 Å². The SMILES string of the molecule is Cc1ccc(C)n1C1CCC[N]1. The van der Waals surface area contributed by atoms with Gasteiger partial charge in [-0.05, 0) is 38.8 Å². The van der Waals surface area contributed by atoms with E-state index >= 15 is 0 Å². The molecular formula is C10H15N2. The first-order valence-corrected chi connectivity index (χ1v) is 4.60. The zero-order chi connectivity index (χ0) is 8.55. The third-order valence-corrected chi connectivity index (χ3v) is 2.58. The van der Waals surface area contributed by atoms with Crippen molar-refractivity contribution in [3.63, 3.8) is 0 Å². The fraction of sp³-hybridized carbons (Fsp3) is 0.600. The van der Waals surface area contributed by atoms with Gasteiger partial charge in [-0.3, -0.25) is 0 Å². The van der Waals surface area contributed by atoms with Gasteiger partial charge in [0.2, 0.25) is 0 Å². The lowest BCUT2D eigenvalue weighted by atomic mass is 10.3. The molecule has 2 rings (SSSR count). The molecule has 65 valence electrons. The van der Waals surface area contributed by atoms with Crippen molar-refractivity contribution in [3.05, 3.63) is 23.5 Å². The average Bonchev–Trinajstić information content (AvgIpc) is 2.61. The van der Waals surface area contributed by atoms with Crippen LogP contribution in [0.2, 0.25) is 0 Å². The van der Waals surface area contributed by atoms with E-state index in [4.69, 9.17) is 0 Å². The number of hydrogen-bond donors (Lipinski definition) is 0. The Bertz CT molecular complexity index is 250. The molecule has 0 spiro atoms. The Morgan fingerprint density at radius 2 is 2.00 bits per heavy atom. The summed E-state index contributed by atoms with van der Waals surface area (Å²) in [5.41, 5.74) is 2.67. The summed E-state index contributed by atoms with van der Waals surface area (Å²) >= 11 is 0. The van der Waals surface area contributed by atoms with E-state index in [1.54, 1.807) is 0 Å². The lowest BCUT2D eigenvalue weighted by molar-refractivity contribution is 0.446. The van der Waals surface area contributed by atoms with Gasteiger partial charge in [0.15, 0.2) is 0 Å². The standard InChI is InChI=1S/C10H15N2/c1-8-5-6-9(2)12(8)10-4-3-7-11-10/h5-6,10H,3-4,7H2,1-2H3. The smallest absolute Gasteiger partial charge is 0.0995 e. The van der Waals surface area contributed by atoms with Crippen LogP contribution in [-0.2, 0) is 0 Å². The summed E-state index contributed by atoms with van der Waals surface area (Å²) < 4.78 is 2.34. The van der Waals surface area contributed by atoms with Crippen molar-refractivity contribution >= 4 is 0 Å². The van der Waals surface area contributed by atoms with Gasteiger partial charge in [0.25, 0.3) is 0 Å². The zero-order valence-corrected chi connectivity index (χ0v) is 7.75. The summed E-state index contributed by atoms with van der Waals surface area (Å²) in [7, 11) is 0. The topological polar surface area (TPSA) is 19.0 Å². The largest absolute Gasteiger partial charge is 0.332 e. The molecule has 1 saturated heterocycles. The van der Waals surface area contributed by atoms with Crippen LogP contribution in [0.1, 0.15) is 30.4 Å². The van der Waals surface area contributed by atoms with Crippen molar-refractivity contribution in [1.29, 1.82) is 0 Å². The number of nitrogens with zero attached hydrogens (tertiary/aromatic N) is 2. The highest BCUT2D eigenvalue weighted by molar-refractivity contribution is 5.15. The second-order valence-electron chi connectivity index (χ2n) is 3.52. The zero-order valence-electron chi connectivity index (χ0n) is 7.75. The fourth-order valence-electron chi connectivity index (χ4n) is 1.97. The summed E-state index contributed by atoms with van der Waals surface area (Å²) in [6.45, 7) is 5.35. The first kappa shape index (κ1) is 7.87.